The molecule has 0 saturated carbocycles. The molecule has 1 aliphatic rings. The summed E-state index contributed by atoms with van der Waals surface area (Å²) in [5.74, 6) is 1.01. The van der Waals surface area contributed by atoms with Crippen molar-refractivity contribution >= 4 is 10.8 Å². The molecule has 0 radical (unpaired) electrons. The summed E-state index contributed by atoms with van der Waals surface area (Å²) in [6.07, 6.45) is 3.78. The van der Waals surface area contributed by atoms with Gasteiger partial charge in [0.2, 0.25) is 0 Å². The van der Waals surface area contributed by atoms with Gasteiger partial charge < -0.3 is 0 Å². The predicted molar refractivity (Wildman–Crippen MR) is 126 cm³/mol. The Hall–Kier alpha value is -3.00. The number of hydrogen-bond donors (Lipinski definition) is 0. The van der Waals surface area contributed by atoms with Crippen LogP contribution in [0.3, 0.4) is 0 Å². The van der Waals surface area contributed by atoms with Gasteiger partial charge in [-0.1, -0.05) is 70.2 Å². The first-order valence-corrected chi connectivity index (χ1v) is 11.0. The second kappa shape index (κ2) is 7.36. The highest BCUT2D eigenvalue weighted by molar-refractivity contribution is 5.91. The van der Waals surface area contributed by atoms with Gasteiger partial charge in [0.15, 0.2) is 0 Å². The van der Waals surface area contributed by atoms with Gasteiger partial charge in [-0.05, 0) is 64.3 Å². The largest absolute Gasteiger partial charge is 0.236 e. The van der Waals surface area contributed by atoms with E-state index in [1.165, 1.54) is 44.2 Å². The third-order valence-electron chi connectivity index (χ3n) is 6.43. The van der Waals surface area contributed by atoms with Crippen LogP contribution in [0.5, 0.6) is 0 Å². The number of benzene rings is 3. The minimum absolute atomic E-state index is 0.461. The highest BCUT2D eigenvalue weighted by Crippen LogP contribution is 2.39. The highest BCUT2D eigenvalue weighted by Gasteiger charge is 2.23. The van der Waals surface area contributed by atoms with Gasteiger partial charge >= 0.3 is 0 Å². The Morgan fingerprint density at radius 3 is 2.37 bits per heavy atom. The van der Waals surface area contributed by atoms with E-state index in [-0.39, 0.29) is 0 Å². The molecule has 5 rings (SSSR count). The number of hydrogen-bond acceptors (Lipinski definition) is 2. The van der Waals surface area contributed by atoms with Crippen LogP contribution in [0.15, 0.2) is 60.9 Å². The molecule has 3 aromatic carbocycles. The Labute approximate surface area is 179 Å². The summed E-state index contributed by atoms with van der Waals surface area (Å²) < 4.78 is 0. The van der Waals surface area contributed by atoms with Crippen molar-refractivity contribution in [3.05, 3.63) is 83.2 Å². The number of aromatic nitrogens is 2. The lowest BCUT2D eigenvalue weighted by Gasteiger charge is -2.23. The van der Waals surface area contributed by atoms with E-state index in [0.29, 0.717) is 11.8 Å². The molecule has 1 aromatic heterocycles. The summed E-state index contributed by atoms with van der Waals surface area (Å²) in [4.78, 5) is 9.51. The topological polar surface area (TPSA) is 25.8 Å². The maximum atomic E-state index is 4.78. The van der Waals surface area contributed by atoms with Gasteiger partial charge in [0.25, 0.3) is 0 Å². The van der Waals surface area contributed by atoms with Crippen molar-refractivity contribution in [2.24, 2.45) is 0 Å². The Balaban J connectivity index is 1.69. The van der Waals surface area contributed by atoms with Gasteiger partial charge in [0.05, 0.1) is 11.4 Å². The van der Waals surface area contributed by atoms with E-state index >= 15 is 0 Å². The molecule has 0 unspecified atom stereocenters. The van der Waals surface area contributed by atoms with Crippen molar-refractivity contribution in [2.75, 3.05) is 0 Å². The van der Waals surface area contributed by atoms with Crippen molar-refractivity contribution < 1.29 is 0 Å². The molecule has 0 atom stereocenters. The summed E-state index contributed by atoms with van der Waals surface area (Å²) in [5.41, 5.74) is 10.2. The Kier molecular flexibility index (Phi) is 4.66. The second-order valence-corrected chi connectivity index (χ2v) is 9.06. The Morgan fingerprint density at radius 2 is 1.57 bits per heavy atom. The first-order chi connectivity index (χ1) is 14.5. The lowest BCUT2D eigenvalue weighted by molar-refractivity contribution is 0.852. The fraction of sp³-hybridized carbons (Fsp3) is 0.286. The minimum atomic E-state index is 0.461. The van der Waals surface area contributed by atoms with Crippen molar-refractivity contribution in [2.45, 2.75) is 52.4 Å². The van der Waals surface area contributed by atoms with Gasteiger partial charge in [-0.25, -0.2) is 9.97 Å². The van der Waals surface area contributed by atoms with Crippen LogP contribution in [0.4, 0.5) is 0 Å². The molecule has 1 aliphatic carbocycles. The van der Waals surface area contributed by atoms with E-state index in [1.54, 1.807) is 6.33 Å². The van der Waals surface area contributed by atoms with E-state index in [2.05, 4.69) is 82.3 Å². The average molecular weight is 393 g/mol. The molecule has 0 fully saturated rings. The lowest BCUT2D eigenvalue weighted by Crippen LogP contribution is -2.09. The molecule has 30 heavy (non-hydrogen) atoms. The number of aryl methyl sites for hydroxylation is 1. The SMILES string of the molecule is CC(C)c1ccc2c(c1)CCc1c(-c3cc(C(C)C)c4ccccc4c3)ncnc1-2. The summed E-state index contributed by atoms with van der Waals surface area (Å²) in [6, 6.07) is 20.2. The zero-order chi connectivity index (χ0) is 20.8. The fourth-order valence-electron chi connectivity index (χ4n) is 4.75. The number of nitrogens with zero attached hydrogens (tertiary/aromatic N) is 2. The van der Waals surface area contributed by atoms with E-state index in [1.807, 2.05) is 0 Å². The zero-order valence-electron chi connectivity index (χ0n) is 18.2. The van der Waals surface area contributed by atoms with Crippen LogP contribution in [0.2, 0.25) is 0 Å². The molecule has 0 amide bonds. The van der Waals surface area contributed by atoms with Crippen LogP contribution in [0.1, 0.15) is 61.8 Å². The summed E-state index contributed by atoms with van der Waals surface area (Å²) in [7, 11) is 0. The highest BCUT2D eigenvalue weighted by atomic mass is 14.8. The maximum absolute atomic E-state index is 4.78. The van der Waals surface area contributed by atoms with Gasteiger partial charge in [0, 0.05) is 16.7 Å². The van der Waals surface area contributed by atoms with Crippen LogP contribution in [-0.4, -0.2) is 9.97 Å². The van der Waals surface area contributed by atoms with Crippen LogP contribution in [-0.2, 0) is 12.8 Å². The number of rotatable bonds is 3. The van der Waals surface area contributed by atoms with E-state index in [4.69, 9.17) is 9.97 Å². The second-order valence-electron chi connectivity index (χ2n) is 9.06. The van der Waals surface area contributed by atoms with Crippen molar-refractivity contribution in [1.29, 1.82) is 0 Å². The zero-order valence-corrected chi connectivity index (χ0v) is 18.2. The van der Waals surface area contributed by atoms with Gasteiger partial charge in [-0.3, -0.25) is 0 Å². The molecule has 2 heteroatoms. The summed E-state index contributed by atoms with van der Waals surface area (Å²) in [6.45, 7) is 9.04. The predicted octanol–water partition coefficient (Wildman–Crippen LogP) is 7.31. The minimum Gasteiger partial charge on any atom is -0.236 e. The molecular weight excluding hydrogens is 364 g/mol. The molecule has 4 aromatic rings. The molecule has 0 aliphatic heterocycles. The normalized spacial score (nSPS) is 13.0. The van der Waals surface area contributed by atoms with Gasteiger partial charge in [0.1, 0.15) is 6.33 Å². The van der Waals surface area contributed by atoms with Gasteiger partial charge in [-0.15, -0.1) is 0 Å². The Morgan fingerprint density at radius 1 is 0.767 bits per heavy atom. The monoisotopic (exact) mass is 392 g/mol. The standard InChI is InChI=1S/C28H28N2/c1-17(2)19-9-11-24-21(13-19)10-12-25-27(29-16-30-28(24)25)22-14-20-7-5-6-8-23(20)26(15-22)18(3)4/h5-9,11,13-18H,10,12H2,1-4H3. The summed E-state index contributed by atoms with van der Waals surface area (Å²) in [5, 5.41) is 2.62. The molecule has 1 heterocycles. The van der Waals surface area contributed by atoms with E-state index < -0.39 is 0 Å². The molecule has 0 N–H and O–H groups in total. The van der Waals surface area contributed by atoms with Crippen molar-refractivity contribution in [3.63, 3.8) is 0 Å². The summed E-state index contributed by atoms with van der Waals surface area (Å²) >= 11 is 0. The molecule has 150 valence electrons. The molecular formula is C28H28N2. The smallest absolute Gasteiger partial charge is 0.116 e. The lowest BCUT2D eigenvalue weighted by atomic mass is 9.84. The third-order valence-corrected chi connectivity index (χ3v) is 6.43. The molecule has 0 spiro atoms. The van der Waals surface area contributed by atoms with Crippen molar-refractivity contribution in [3.8, 4) is 22.5 Å². The number of fused-ring (bicyclic) bond motifs is 4. The maximum Gasteiger partial charge on any atom is 0.116 e. The quantitative estimate of drug-likeness (QED) is 0.365. The molecule has 0 bridgehead atoms. The van der Waals surface area contributed by atoms with Crippen LogP contribution >= 0.6 is 0 Å². The average Bonchev–Trinajstić information content (AvgIpc) is 2.77. The van der Waals surface area contributed by atoms with Crippen LogP contribution in [0.25, 0.3) is 33.3 Å². The van der Waals surface area contributed by atoms with E-state index in [9.17, 15) is 0 Å². The molecule has 2 nitrogen and oxygen atoms in total. The third kappa shape index (κ3) is 3.11. The van der Waals surface area contributed by atoms with Crippen LogP contribution < -0.4 is 0 Å². The first-order valence-electron chi connectivity index (χ1n) is 11.0. The van der Waals surface area contributed by atoms with Crippen LogP contribution in [0, 0.1) is 0 Å². The fourth-order valence-corrected chi connectivity index (χ4v) is 4.75. The Bertz CT molecular complexity index is 1250. The molecule has 0 saturated heterocycles. The van der Waals surface area contributed by atoms with Gasteiger partial charge in [-0.2, -0.15) is 0 Å². The van der Waals surface area contributed by atoms with Crippen molar-refractivity contribution in [1.82, 2.24) is 9.97 Å². The first kappa shape index (κ1) is 19.0. The van der Waals surface area contributed by atoms with E-state index in [0.717, 1.165) is 24.2 Å².